The summed E-state index contributed by atoms with van der Waals surface area (Å²) in [7, 11) is 4.03. The molecule has 0 bridgehead atoms. The van der Waals surface area contributed by atoms with Gasteiger partial charge in [-0.15, -0.1) is 0 Å². The SMILES string of the molecule is CC(C)C(CN(C)C)NC(=O)COC1(C)CNC1. The summed E-state index contributed by atoms with van der Waals surface area (Å²) < 4.78 is 5.62. The number of hydrogen-bond donors (Lipinski definition) is 2. The summed E-state index contributed by atoms with van der Waals surface area (Å²) in [6, 6.07) is 0.170. The minimum absolute atomic E-state index is 0.0244. The molecule has 1 unspecified atom stereocenters. The fraction of sp³-hybridized carbons (Fsp3) is 0.923. The molecule has 0 aliphatic carbocycles. The standard InChI is InChI=1S/C13H27N3O2/c1-10(2)11(6-16(4)5)15-12(17)7-18-13(3)8-14-9-13/h10-11,14H,6-9H2,1-5H3,(H,15,17). The quantitative estimate of drug-likeness (QED) is 0.677. The molecule has 1 aliphatic rings. The molecule has 0 aromatic heterocycles. The molecule has 0 aromatic rings. The fourth-order valence-electron chi connectivity index (χ4n) is 1.88. The third-order valence-electron chi connectivity index (χ3n) is 3.26. The first-order chi connectivity index (χ1) is 8.32. The number of carbonyl (C=O) groups is 1. The minimum Gasteiger partial charge on any atom is -0.363 e. The van der Waals surface area contributed by atoms with Crippen LogP contribution in [0.25, 0.3) is 0 Å². The highest BCUT2D eigenvalue weighted by molar-refractivity contribution is 5.77. The molecule has 106 valence electrons. The molecule has 0 radical (unpaired) electrons. The molecule has 2 N–H and O–H groups in total. The van der Waals surface area contributed by atoms with Gasteiger partial charge in [-0.3, -0.25) is 4.79 Å². The molecule has 1 saturated heterocycles. The van der Waals surface area contributed by atoms with E-state index in [1.165, 1.54) is 0 Å². The maximum Gasteiger partial charge on any atom is 0.246 e. The second-order valence-corrected chi connectivity index (χ2v) is 6.02. The van der Waals surface area contributed by atoms with Crippen LogP contribution in [-0.4, -0.2) is 62.8 Å². The zero-order valence-electron chi connectivity index (χ0n) is 12.2. The van der Waals surface area contributed by atoms with E-state index >= 15 is 0 Å². The van der Waals surface area contributed by atoms with Gasteiger partial charge in [0.15, 0.2) is 0 Å². The van der Waals surface area contributed by atoms with Gasteiger partial charge >= 0.3 is 0 Å². The molecule has 1 aliphatic heterocycles. The monoisotopic (exact) mass is 257 g/mol. The Morgan fingerprint density at radius 2 is 2.06 bits per heavy atom. The second-order valence-electron chi connectivity index (χ2n) is 6.02. The van der Waals surface area contributed by atoms with Crippen LogP contribution in [0, 0.1) is 5.92 Å². The van der Waals surface area contributed by atoms with E-state index in [-0.39, 0.29) is 24.2 Å². The minimum atomic E-state index is -0.161. The molecular formula is C13H27N3O2. The van der Waals surface area contributed by atoms with E-state index < -0.39 is 0 Å². The molecule has 0 spiro atoms. The number of amides is 1. The highest BCUT2D eigenvalue weighted by atomic mass is 16.5. The smallest absolute Gasteiger partial charge is 0.246 e. The van der Waals surface area contributed by atoms with Crippen molar-refractivity contribution in [2.24, 2.45) is 5.92 Å². The van der Waals surface area contributed by atoms with Crippen molar-refractivity contribution < 1.29 is 9.53 Å². The average molecular weight is 257 g/mol. The summed E-state index contributed by atoms with van der Waals surface area (Å²) in [5, 5.41) is 6.19. The van der Waals surface area contributed by atoms with Crippen molar-refractivity contribution in [1.29, 1.82) is 0 Å². The fourth-order valence-corrected chi connectivity index (χ4v) is 1.88. The predicted molar refractivity (Wildman–Crippen MR) is 72.5 cm³/mol. The van der Waals surface area contributed by atoms with E-state index in [4.69, 9.17) is 4.74 Å². The normalized spacial score (nSPS) is 19.7. The topological polar surface area (TPSA) is 53.6 Å². The average Bonchev–Trinajstić information content (AvgIpc) is 2.22. The van der Waals surface area contributed by atoms with Crippen molar-refractivity contribution in [3.8, 4) is 0 Å². The molecule has 1 atom stereocenters. The van der Waals surface area contributed by atoms with Gasteiger partial charge in [-0.05, 0) is 26.9 Å². The summed E-state index contributed by atoms with van der Waals surface area (Å²) >= 11 is 0. The van der Waals surface area contributed by atoms with E-state index in [0.29, 0.717) is 5.92 Å². The summed E-state index contributed by atoms with van der Waals surface area (Å²) in [5.41, 5.74) is -0.161. The highest BCUT2D eigenvalue weighted by Gasteiger charge is 2.33. The summed E-state index contributed by atoms with van der Waals surface area (Å²) in [6.45, 7) is 8.91. The van der Waals surface area contributed by atoms with E-state index in [0.717, 1.165) is 19.6 Å². The lowest BCUT2D eigenvalue weighted by Crippen LogP contribution is -2.60. The van der Waals surface area contributed by atoms with Gasteiger partial charge in [0.1, 0.15) is 6.61 Å². The van der Waals surface area contributed by atoms with Gasteiger partial charge in [0, 0.05) is 25.7 Å². The Morgan fingerprint density at radius 1 is 1.44 bits per heavy atom. The van der Waals surface area contributed by atoms with Crippen LogP contribution in [0.15, 0.2) is 0 Å². The molecule has 0 aromatic carbocycles. The third-order valence-corrected chi connectivity index (χ3v) is 3.26. The van der Waals surface area contributed by atoms with Gasteiger partial charge in [0.05, 0.1) is 5.60 Å². The Hall–Kier alpha value is -0.650. The second kappa shape index (κ2) is 6.50. The Balaban J connectivity index is 2.31. The maximum atomic E-state index is 11.9. The molecule has 1 fully saturated rings. The number of likely N-dealkylation sites (N-methyl/N-ethyl adjacent to an activating group) is 1. The molecule has 1 amide bonds. The number of nitrogens with one attached hydrogen (secondary N) is 2. The molecular weight excluding hydrogens is 230 g/mol. The lowest BCUT2D eigenvalue weighted by atomic mass is 10.0. The zero-order chi connectivity index (χ0) is 13.8. The molecule has 1 heterocycles. The van der Waals surface area contributed by atoms with Gasteiger partial charge in [-0.2, -0.15) is 0 Å². The van der Waals surface area contributed by atoms with Gasteiger partial charge in [0.25, 0.3) is 0 Å². The number of ether oxygens (including phenoxy) is 1. The van der Waals surface area contributed by atoms with Crippen molar-refractivity contribution in [2.45, 2.75) is 32.4 Å². The van der Waals surface area contributed by atoms with Crippen LogP contribution in [0.5, 0.6) is 0 Å². The van der Waals surface area contributed by atoms with E-state index in [9.17, 15) is 4.79 Å². The first-order valence-electron chi connectivity index (χ1n) is 6.61. The van der Waals surface area contributed by atoms with Crippen LogP contribution >= 0.6 is 0 Å². The number of hydrogen-bond acceptors (Lipinski definition) is 4. The van der Waals surface area contributed by atoms with Gasteiger partial charge in [0.2, 0.25) is 5.91 Å². The van der Waals surface area contributed by atoms with Crippen LogP contribution in [0.3, 0.4) is 0 Å². The van der Waals surface area contributed by atoms with E-state index in [1.807, 2.05) is 21.0 Å². The van der Waals surface area contributed by atoms with E-state index in [1.54, 1.807) is 0 Å². The van der Waals surface area contributed by atoms with Crippen molar-refractivity contribution >= 4 is 5.91 Å². The first kappa shape index (κ1) is 15.4. The van der Waals surface area contributed by atoms with Crippen LogP contribution < -0.4 is 10.6 Å². The first-order valence-corrected chi connectivity index (χ1v) is 6.61. The van der Waals surface area contributed by atoms with Crippen LogP contribution in [0.4, 0.5) is 0 Å². The van der Waals surface area contributed by atoms with Crippen molar-refractivity contribution in [3.63, 3.8) is 0 Å². The lowest BCUT2D eigenvalue weighted by molar-refractivity contribution is -0.136. The number of rotatable bonds is 7. The Labute approximate surface area is 110 Å². The van der Waals surface area contributed by atoms with Crippen molar-refractivity contribution in [3.05, 3.63) is 0 Å². The molecule has 5 nitrogen and oxygen atoms in total. The number of carbonyl (C=O) groups excluding carboxylic acids is 1. The zero-order valence-corrected chi connectivity index (χ0v) is 12.2. The lowest BCUT2D eigenvalue weighted by Gasteiger charge is -2.39. The highest BCUT2D eigenvalue weighted by Crippen LogP contribution is 2.14. The van der Waals surface area contributed by atoms with Gasteiger partial charge in [-0.1, -0.05) is 13.8 Å². The van der Waals surface area contributed by atoms with Crippen molar-refractivity contribution in [1.82, 2.24) is 15.5 Å². The van der Waals surface area contributed by atoms with Crippen LogP contribution in [-0.2, 0) is 9.53 Å². The Kier molecular flexibility index (Phi) is 5.56. The Bertz CT molecular complexity index is 275. The third kappa shape index (κ3) is 4.92. The van der Waals surface area contributed by atoms with E-state index in [2.05, 4.69) is 29.4 Å². The van der Waals surface area contributed by atoms with Crippen molar-refractivity contribution in [2.75, 3.05) is 40.3 Å². The summed E-state index contributed by atoms with van der Waals surface area (Å²) in [6.07, 6.45) is 0. The van der Waals surface area contributed by atoms with Gasteiger partial charge < -0.3 is 20.3 Å². The Morgan fingerprint density at radius 3 is 2.44 bits per heavy atom. The molecule has 5 heteroatoms. The summed E-state index contributed by atoms with van der Waals surface area (Å²) in [4.78, 5) is 13.9. The molecule has 0 saturated carbocycles. The van der Waals surface area contributed by atoms with Crippen LogP contribution in [0.2, 0.25) is 0 Å². The molecule has 18 heavy (non-hydrogen) atoms. The summed E-state index contributed by atoms with van der Waals surface area (Å²) in [5.74, 6) is 0.390. The van der Waals surface area contributed by atoms with Crippen LogP contribution in [0.1, 0.15) is 20.8 Å². The predicted octanol–water partition coefficient (Wildman–Crippen LogP) is 0.0673. The number of nitrogens with zero attached hydrogens (tertiary/aromatic N) is 1. The maximum absolute atomic E-state index is 11.9. The van der Waals surface area contributed by atoms with Gasteiger partial charge in [-0.25, -0.2) is 0 Å². The molecule has 1 rings (SSSR count). The largest absolute Gasteiger partial charge is 0.363 e.